The van der Waals surface area contributed by atoms with Crippen molar-refractivity contribution >= 4 is 80.3 Å². The van der Waals surface area contributed by atoms with Crippen molar-refractivity contribution in [2.45, 2.75) is 37.4 Å². The summed E-state index contributed by atoms with van der Waals surface area (Å²) in [5.74, 6) is -8.17. The Bertz CT molecular complexity index is 2340. The number of nitrogens with zero attached hydrogens (tertiary/aromatic N) is 6. The predicted molar refractivity (Wildman–Crippen MR) is 200 cm³/mol. The number of likely N-dealkylation sites (N-methyl/N-ethyl adjacent to an activating group) is 1. The highest BCUT2D eigenvalue weighted by Crippen LogP contribution is 2.41. The number of nitrogen functional groups attached to an aromatic ring is 1. The molecule has 23 heteroatoms. The van der Waals surface area contributed by atoms with Crippen LogP contribution in [-0.4, -0.2) is 139 Å². The molecule has 18 nitrogen and oxygen atoms in total. The molecule has 3 aliphatic heterocycles. The van der Waals surface area contributed by atoms with Gasteiger partial charge in [-0.2, -0.15) is 0 Å². The number of aromatic nitrogens is 2. The molecular formula is C34H36F3N8O10S2+. The number of oxime groups is 1. The summed E-state index contributed by atoms with van der Waals surface area (Å²) in [7, 11) is 1.82. The van der Waals surface area contributed by atoms with Gasteiger partial charge in [-0.05, 0) is 19.9 Å². The number of β-lactam (4-membered cyclic amide) rings is 1. The lowest BCUT2D eigenvalue weighted by Crippen LogP contribution is -2.71. The van der Waals surface area contributed by atoms with Gasteiger partial charge in [0.1, 0.15) is 53.1 Å². The average Bonchev–Trinajstić information content (AvgIpc) is 3.57. The van der Waals surface area contributed by atoms with Crippen LogP contribution in [0.1, 0.15) is 29.9 Å². The number of quaternary nitrogens is 1. The molecule has 3 aromatic rings. The molecule has 2 atom stereocenters. The molecular weight excluding hydrogens is 802 g/mol. The summed E-state index contributed by atoms with van der Waals surface area (Å²) in [4.78, 5) is 87.1. The molecule has 304 valence electrons. The molecule has 0 saturated carbocycles. The van der Waals surface area contributed by atoms with E-state index in [1.165, 1.54) is 35.9 Å². The van der Waals surface area contributed by atoms with E-state index in [0.29, 0.717) is 5.57 Å². The van der Waals surface area contributed by atoms with E-state index in [9.17, 15) is 48.5 Å². The van der Waals surface area contributed by atoms with Gasteiger partial charge in [-0.15, -0.1) is 23.1 Å². The number of thiazole rings is 1. The van der Waals surface area contributed by atoms with Crippen LogP contribution in [0.2, 0.25) is 0 Å². The Kier molecular flexibility index (Phi) is 11.0. The van der Waals surface area contributed by atoms with E-state index in [1.54, 1.807) is 0 Å². The molecule has 0 aliphatic carbocycles. The molecule has 3 aliphatic rings. The van der Waals surface area contributed by atoms with Gasteiger partial charge in [0.2, 0.25) is 11.0 Å². The second-order valence-corrected chi connectivity index (χ2v) is 16.2. The van der Waals surface area contributed by atoms with E-state index in [4.69, 9.17) is 10.6 Å². The zero-order valence-electron chi connectivity index (χ0n) is 30.5. The van der Waals surface area contributed by atoms with E-state index in [0.717, 1.165) is 33.1 Å². The quantitative estimate of drug-likeness (QED) is 0.0705. The number of amides is 2. The lowest BCUT2D eigenvalue weighted by Gasteiger charge is -2.50. The van der Waals surface area contributed by atoms with Crippen LogP contribution in [0, 0.1) is 11.6 Å². The fraction of sp³-hybridized carbons (Fsp3) is 0.412. The number of aryl methyl sites for hydroxylation is 1. The third-order valence-electron chi connectivity index (χ3n) is 9.89. The summed E-state index contributed by atoms with van der Waals surface area (Å²) in [6.45, 7) is 1.71. The number of carboxylic acid groups (broad SMARTS) is 3. The highest BCUT2D eigenvalue weighted by Gasteiger charge is 2.55. The monoisotopic (exact) mass is 837 g/mol. The van der Waals surface area contributed by atoms with Crippen molar-refractivity contribution < 1.29 is 61.8 Å². The molecule has 5 heterocycles. The number of benzene rings is 1. The first-order valence-electron chi connectivity index (χ1n) is 17.1. The number of thioether (sulfide) groups is 1. The Balaban J connectivity index is 1.19. The Morgan fingerprint density at radius 1 is 1.14 bits per heavy atom. The number of fused-ring (bicyclic) bond motifs is 2. The average molecular weight is 838 g/mol. The first kappa shape index (κ1) is 41.0. The fourth-order valence-corrected chi connectivity index (χ4v) is 8.67. The number of carbonyl (C=O) groups excluding carboxylic acids is 2. The van der Waals surface area contributed by atoms with Gasteiger partial charge in [0.25, 0.3) is 11.8 Å². The maximum Gasteiger partial charge on any atom is 0.352 e. The van der Waals surface area contributed by atoms with Crippen molar-refractivity contribution in [1.82, 2.24) is 19.8 Å². The number of nitrogens with one attached hydrogen (secondary N) is 1. The van der Waals surface area contributed by atoms with E-state index in [-0.39, 0.29) is 59.5 Å². The topological polar surface area (TPSA) is 247 Å². The molecule has 2 saturated heterocycles. The molecule has 6 rings (SSSR count). The molecule has 57 heavy (non-hydrogen) atoms. The lowest BCUT2D eigenvalue weighted by atomic mass is 10.0. The highest BCUT2D eigenvalue weighted by molar-refractivity contribution is 8.00. The van der Waals surface area contributed by atoms with Crippen LogP contribution in [0.4, 0.5) is 24.0 Å². The van der Waals surface area contributed by atoms with Gasteiger partial charge in [-0.25, -0.2) is 32.5 Å². The number of carbonyl (C=O) groups is 5. The molecule has 0 spiro atoms. The maximum absolute atomic E-state index is 16.1. The van der Waals surface area contributed by atoms with E-state index in [2.05, 4.69) is 15.5 Å². The third kappa shape index (κ3) is 7.60. The third-order valence-corrected chi connectivity index (χ3v) is 11.9. The van der Waals surface area contributed by atoms with Gasteiger partial charge in [-0.1, -0.05) is 5.16 Å². The molecule has 2 fully saturated rings. The van der Waals surface area contributed by atoms with Gasteiger partial charge in [0, 0.05) is 22.9 Å². The summed E-state index contributed by atoms with van der Waals surface area (Å²) >= 11 is 2.18. The Morgan fingerprint density at radius 3 is 2.40 bits per heavy atom. The summed E-state index contributed by atoms with van der Waals surface area (Å²) in [6, 6.07) is -0.445. The number of aliphatic carboxylic acids is 2. The molecule has 6 N–H and O–H groups in total. The van der Waals surface area contributed by atoms with Crippen molar-refractivity contribution in [2.24, 2.45) is 5.16 Å². The van der Waals surface area contributed by atoms with E-state index >= 15 is 8.78 Å². The molecule has 0 unspecified atom stereocenters. The fourth-order valence-electron chi connectivity index (χ4n) is 6.79. The Morgan fingerprint density at radius 2 is 1.82 bits per heavy atom. The summed E-state index contributed by atoms with van der Waals surface area (Å²) in [6.07, 6.45) is 0.826. The maximum atomic E-state index is 16.1. The molecule has 1 aromatic carbocycles. The number of piperazine rings is 1. The number of nitrogens with two attached hydrogens (primary N) is 1. The van der Waals surface area contributed by atoms with E-state index in [1.807, 2.05) is 7.05 Å². The number of pyridine rings is 1. The standard InChI is InChI=1S/C34H35F3N8O10S2/c1-34(2,32(53)54)55-41-21(19-14-57-33(38)39-19)27(47)40-22-28(48)44-23(31(51)52)15(13-56-29(22)44)12-45(3)8-6-42(7-9-45)25-18(36)10-16-24(20(25)37)43(5-4-35)11-17(26(16)46)30(49)50/h10-11,14,22,29H,4-9,12-13H2,1-3H3,(H5-,38,39,40,47,49,50,51,52,53,54)/p+1/b41-21-/t22-,29-/m1/s1. The minimum absolute atomic E-state index is 0.0426. The number of aromatic carboxylic acids is 1. The second kappa shape index (κ2) is 15.3. The largest absolute Gasteiger partial charge is 0.478 e. The number of hydrogen-bond acceptors (Lipinski definition) is 13. The molecule has 0 radical (unpaired) electrons. The number of hydrogen-bond donors (Lipinski definition) is 5. The number of anilines is 2. The Labute approximate surface area is 328 Å². The molecule has 0 bridgehead atoms. The van der Waals surface area contributed by atoms with Crippen molar-refractivity contribution in [3.05, 3.63) is 62.0 Å². The van der Waals surface area contributed by atoms with Crippen LogP contribution in [0.15, 0.2) is 38.9 Å². The van der Waals surface area contributed by atoms with Crippen molar-refractivity contribution in [1.29, 1.82) is 0 Å². The van der Waals surface area contributed by atoms with Gasteiger partial charge >= 0.3 is 17.9 Å². The van der Waals surface area contributed by atoms with Crippen molar-refractivity contribution in [2.75, 3.05) is 62.8 Å². The van der Waals surface area contributed by atoms with Crippen molar-refractivity contribution in [3.8, 4) is 0 Å². The number of alkyl halides is 1. The Hall–Kier alpha value is -5.68. The van der Waals surface area contributed by atoms with Gasteiger partial charge in [0.15, 0.2) is 16.7 Å². The zero-order valence-corrected chi connectivity index (χ0v) is 32.1. The van der Waals surface area contributed by atoms with Crippen molar-refractivity contribution in [3.63, 3.8) is 0 Å². The molecule has 2 aromatic heterocycles. The normalized spacial score (nSPS) is 19.6. The smallest absolute Gasteiger partial charge is 0.352 e. The minimum atomic E-state index is -1.83. The van der Waals surface area contributed by atoms with Gasteiger partial charge in [-0.3, -0.25) is 19.3 Å². The van der Waals surface area contributed by atoms with Crippen LogP contribution in [0.25, 0.3) is 10.9 Å². The summed E-state index contributed by atoms with van der Waals surface area (Å²) in [5.41, 5.74) is 0.736. The predicted octanol–water partition coefficient (Wildman–Crippen LogP) is 1.28. The van der Waals surface area contributed by atoms with Gasteiger partial charge in [0.05, 0.1) is 50.7 Å². The summed E-state index contributed by atoms with van der Waals surface area (Å²) in [5, 5.41) is 35.5. The van der Waals surface area contributed by atoms with Gasteiger partial charge < -0.3 is 45.2 Å². The zero-order chi connectivity index (χ0) is 41.7. The van der Waals surface area contributed by atoms with Crippen LogP contribution in [0.5, 0.6) is 0 Å². The van der Waals surface area contributed by atoms with Crippen LogP contribution in [-0.2, 0) is 30.6 Å². The number of halogens is 3. The second-order valence-electron chi connectivity index (χ2n) is 14.2. The van der Waals surface area contributed by atoms with Crippen LogP contribution >= 0.6 is 23.1 Å². The number of rotatable bonds is 13. The lowest BCUT2D eigenvalue weighted by molar-refractivity contribution is -0.905. The summed E-state index contributed by atoms with van der Waals surface area (Å²) < 4.78 is 46.2. The van der Waals surface area contributed by atoms with Crippen LogP contribution in [0.3, 0.4) is 0 Å². The SMILES string of the molecule is CC(C)(O/N=C(\C(=O)N[C@@H]1C(=O)N2C(C(=O)O)=C(C[N+]3(C)CCN(c4c(F)cc5c(=O)c(C(=O)O)cn(CCF)c5c4F)CC3)CS[C@H]12)c1csc(N)n1)C(=O)O. The van der Waals surface area contributed by atoms with E-state index < -0.39 is 105 Å². The first-order chi connectivity index (χ1) is 26.8. The van der Waals surface area contributed by atoms with Crippen LogP contribution < -0.4 is 21.4 Å². The minimum Gasteiger partial charge on any atom is -0.478 e. The molecule has 2 amide bonds. The first-order valence-corrected chi connectivity index (χ1v) is 19.1. The number of carboxylic acids is 3. The highest BCUT2D eigenvalue weighted by atomic mass is 32.2.